The fourth-order valence-electron chi connectivity index (χ4n) is 1.59. The van der Waals surface area contributed by atoms with Gasteiger partial charge in [-0.25, -0.2) is 4.39 Å². The highest BCUT2D eigenvalue weighted by atomic mass is 79.9. The highest BCUT2D eigenvalue weighted by molar-refractivity contribution is 9.10. The third-order valence-corrected chi connectivity index (χ3v) is 3.60. The minimum Gasteiger partial charge on any atom is -0.497 e. The summed E-state index contributed by atoms with van der Waals surface area (Å²) in [6.45, 7) is 0. The van der Waals surface area contributed by atoms with Gasteiger partial charge in [0, 0.05) is 10.5 Å². The molecule has 20 heavy (non-hydrogen) atoms. The third kappa shape index (κ3) is 3.29. The number of nitrogens with one attached hydrogen (secondary N) is 1. The van der Waals surface area contributed by atoms with Gasteiger partial charge < -0.3 is 10.1 Å². The van der Waals surface area contributed by atoms with Crippen LogP contribution in [0.3, 0.4) is 0 Å². The number of amides is 1. The van der Waals surface area contributed by atoms with Gasteiger partial charge in [0.1, 0.15) is 11.6 Å². The van der Waals surface area contributed by atoms with E-state index in [1.165, 1.54) is 19.2 Å². The van der Waals surface area contributed by atoms with Gasteiger partial charge in [-0.2, -0.15) is 0 Å². The zero-order valence-electron chi connectivity index (χ0n) is 10.4. The van der Waals surface area contributed by atoms with Crippen LogP contribution in [0.4, 0.5) is 10.1 Å². The number of methoxy groups -OCH3 is 1. The number of carbonyl (C=O) groups is 1. The first-order chi connectivity index (χ1) is 9.51. The molecule has 0 aliphatic carbocycles. The Kier molecular flexibility index (Phi) is 4.62. The predicted octanol–water partition coefficient (Wildman–Crippen LogP) is 4.50. The van der Waals surface area contributed by atoms with E-state index in [1.54, 1.807) is 18.2 Å². The molecule has 0 aliphatic heterocycles. The first-order valence-electron chi connectivity index (χ1n) is 5.61. The first kappa shape index (κ1) is 14.8. The van der Waals surface area contributed by atoms with E-state index in [2.05, 4.69) is 21.2 Å². The summed E-state index contributed by atoms with van der Waals surface area (Å²) in [5.74, 6) is -0.313. The highest BCUT2D eigenvalue weighted by Gasteiger charge is 2.13. The van der Waals surface area contributed by atoms with E-state index in [9.17, 15) is 9.18 Å². The van der Waals surface area contributed by atoms with E-state index in [-0.39, 0.29) is 10.6 Å². The summed E-state index contributed by atoms with van der Waals surface area (Å²) < 4.78 is 18.7. The Bertz CT molecular complexity index is 664. The molecule has 0 bridgehead atoms. The maximum absolute atomic E-state index is 13.0. The summed E-state index contributed by atoms with van der Waals surface area (Å²) in [6.07, 6.45) is 0. The smallest absolute Gasteiger partial charge is 0.257 e. The van der Waals surface area contributed by atoms with Crippen LogP contribution in [0.15, 0.2) is 40.9 Å². The molecule has 0 aliphatic rings. The Labute approximate surface area is 128 Å². The molecule has 0 fully saturated rings. The molecule has 6 heteroatoms. The average Bonchev–Trinajstić information content (AvgIpc) is 2.41. The quantitative estimate of drug-likeness (QED) is 0.877. The van der Waals surface area contributed by atoms with Gasteiger partial charge in [0.2, 0.25) is 0 Å². The van der Waals surface area contributed by atoms with Crippen molar-refractivity contribution in [1.29, 1.82) is 0 Å². The van der Waals surface area contributed by atoms with E-state index in [1.807, 2.05) is 0 Å². The summed E-state index contributed by atoms with van der Waals surface area (Å²) in [6, 6.07) is 8.78. The second kappa shape index (κ2) is 6.24. The molecule has 0 atom stereocenters. The van der Waals surface area contributed by atoms with E-state index in [0.29, 0.717) is 15.9 Å². The van der Waals surface area contributed by atoms with Crippen molar-refractivity contribution in [3.8, 4) is 5.75 Å². The number of carbonyl (C=O) groups excluding carboxylic acids is 1. The normalized spacial score (nSPS) is 10.2. The minimum absolute atomic E-state index is 0.0570. The van der Waals surface area contributed by atoms with Gasteiger partial charge in [-0.3, -0.25) is 4.79 Å². The van der Waals surface area contributed by atoms with Crippen LogP contribution in [-0.2, 0) is 0 Å². The van der Waals surface area contributed by atoms with Crippen molar-refractivity contribution in [2.75, 3.05) is 12.4 Å². The molecular formula is C14H10BrClFNO2. The van der Waals surface area contributed by atoms with E-state index < -0.39 is 11.7 Å². The number of anilines is 1. The van der Waals surface area contributed by atoms with Crippen molar-refractivity contribution in [2.45, 2.75) is 0 Å². The molecule has 2 rings (SSSR count). The molecule has 1 amide bonds. The lowest BCUT2D eigenvalue weighted by molar-refractivity contribution is 0.102. The lowest BCUT2D eigenvalue weighted by Crippen LogP contribution is -2.13. The van der Waals surface area contributed by atoms with Crippen LogP contribution in [0, 0.1) is 5.82 Å². The van der Waals surface area contributed by atoms with Crippen LogP contribution in [0.5, 0.6) is 5.75 Å². The van der Waals surface area contributed by atoms with Crippen LogP contribution in [0.1, 0.15) is 10.4 Å². The molecule has 2 aromatic rings. The maximum Gasteiger partial charge on any atom is 0.257 e. The molecule has 0 heterocycles. The van der Waals surface area contributed by atoms with Crippen LogP contribution in [0.2, 0.25) is 5.02 Å². The summed E-state index contributed by atoms with van der Waals surface area (Å²) >= 11 is 9.18. The van der Waals surface area contributed by atoms with Crippen LogP contribution in [0.25, 0.3) is 0 Å². The molecule has 0 radical (unpaired) electrons. The topological polar surface area (TPSA) is 38.3 Å². The largest absolute Gasteiger partial charge is 0.497 e. The SMILES string of the molecule is COc1ccc(Br)c(NC(=O)c2ccc(F)cc2Cl)c1. The van der Waals surface area contributed by atoms with Crippen molar-refractivity contribution < 1.29 is 13.9 Å². The minimum atomic E-state index is -0.492. The van der Waals surface area contributed by atoms with Gasteiger partial charge in [0.05, 0.1) is 23.4 Å². The molecule has 2 aromatic carbocycles. The zero-order valence-corrected chi connectivity index (χ0v) is 12.8. The van der Waals surface area contributed by atoms with E-state index >= 15 is 0 Å². The Morgan fingerprint density at radius 1 is 1.30 bits per heavy atom. The van der Waals surface area contributed by atoms with Gasteiger partial charge in [0.25, 0.3) is 5.91 Å². The number of hydrogen-bond donors (Lipinski definition) is 1. The van der Waals surface area contributed by atoms with Gasteiger partial charge in [-0.05, 0) is 46.3 Å². The summed E-state index contributed by atoms with van der Waals surface area (Å²) in [5, 5.41) is 2.75. The lowest BCUT2D eigenvalue weighted by atomic mass is 10.2. The third-order valence-electron chi connectivity index (χ3n) is 2.60. The van der Waals surface area contributed by atoms with Crippen molar-refractivity contribution in [3.05, 3.63) is 57.3 Å². The Balaban J connectivity index is 2.27. The Morgan fingerprint density at radius 3 is 2.70 bits per heavy atom. The fourth-order valence-corrected chi connectivity index (χ4v) is 2.19. The maximum atomic E-state index is 13.0. The van der Waals surface area contributed by atoms with Gasteiger partial charge >= 0.3 is 0 Å². The molecule has 0 saturated heterocycles. The summed E-state index contributed by atoms with van der Waals surface area (Å²) in [5.41, 5.74) is 0.734. The molecule has 0 unspecified atom stereocenters. The number of hydrogen-bond acceptors (Lipinski definition) is 2. The molecule has 0 aromatic heterocycles. The number of halogens is 3. The van der Waals surface area contributed by atoms with E-state index in [0.717, 1.165) is 6.07 Å². The molecule has 104 valence electrons. The highest BCUT2D eigenvalue weighted by Crippen LogP contribution is 2.28. The number of benzene rings is 2. The monoisotopic (exact) mass is 357 g/mol. The van der Waals surface area contributed by atoms with Gasteiger partial charge in [0.15, 0.2) is 0 Å². The van der Waals surface area contributed by atoms with Crippen molar-refractivity contribution in [2.24, 2.45) is 0 Å². The van der Waals surface area contributed by atoms with Crippen LogP contribution >= 0.6 is 27.5 Å². The lowest BCUT2D eigenvalue weighted by Gasteiger charge is -2.10. The van der Waals surface area contributed by atoms with Crippen LogP contribution < -0.4 is 10.1 Å². The summed E-state index contributed by atoms with van der Waals surface area (Å²) in [4.78, 5) is 12.1. The number of ether oxygens (including phenoxy) is 1. The van der Waals surface area contributed by atoms with Gasteiger partial charge in [-0.1, -0.05) is 11.6 Å². The fraction of sp³-hybridized carbons (Fsp3) is 0.0714. The van der Waals surface area contributed by atoms with Crippen molar-refractivity contribution >= 4 is 39.1 Å². The van der Waals surface area contributed by atoms with Gasteiger partial charge in [-0.15, -0.1) is 0 Å². The molecule has 0 spiro atoms. The zero-order chi connectivity index (χ0) is 14.7. The first-order valence-corrected chi connectivity index (χ1v) is 6.78. The Morgan fingerprint density at radius 2 is 2.05 bits per heavy atom. The molecular weight excluding hydrogens is 349 g/mol. The van der Waals surface area contributed by atoms with Crippen molar-refractivity contribution in [3.63, 3.8) is 0 Å². The summed E-state index contributed by atoms with van der Waals surface area (Å²) in [7, 11) is 1.53. The second-order valence-corrected chi connectivity index (χ2v) is 5.19. The predicted molar refractivity (Wildman–Crippen MR) is 80.1 cm³/mol. The van der Waals surface area contributed by atoms with E-state index in [4.69, 9.17) is 16.3 Å². The Hall–Kier alpha value is -1.59. The molecule has 1 N–H and O–H groups in total. The molecule has 3 nitrogen and oxygen atoms in total. The average molecular weight is 359 g/mol. The van der Waals surface area contributed by atoms with Crippen LogP contribution in [-0.4, -0.2) is 13.0 Å². The number of rotatable bonds is 3. The standard InChI is InChI=1S/C14H10BrClFNO2/c1-20-9-3-5-11(15)13(7-9)18-14(19)10-4-2-8(17)6-12(10)16/h2-7H,1H3,(H,18,19). The molecule has 0 saturated carbocycles. The van der Waals surface area contributed by atoms with Crippen molar-refractivity contribution in [1.82, 2.24) is 0 Å². The second-order valence-electron chi connectivity index (χ2n) is 3.92.